The predicted molar refractivity (Wildman–Crippen MR) is 79.5 cm³/mol. The molecule has 0 unspecified atom stereocenters. The highest BCUT2D eigenvalue weighted by Crippen LogP contribution is 2.14. The second kappa shape index (κ2) is 9.49. The van der Waals surface area contributed by atoms with E-state index in [1.54, 1.807) is 36.7 Å². The van der Waals surface area contributed by atoms with Gasteiger partial charge in [0.2, 0.25) is 5.91 Å². The third-order valence-corrected chi connectivity index (χ3v) is 3.37. The summed E-state index contributed by atoms with van der Waals surface area (Å²) in [6.07, 6.45) is 0.583. The number of carbonyl (C=O) groups excluding carboxylic acids is 2. The fraction of sp³-hybridized carbons (Fsp3) is 0.429. The lowest BCUT2D eigenvalue weighted by Gasteiger charge is -2.16. The number of amides is 1. The second-order valence-corrected chi connectivity index (χ2v) is 5.47. The van der Waals surface area contributed by atoms with Gasteiger partial charge in [-0.1, -0.05) is 15.9 Å². The van der Waals surface area contributed by atoms with Crippen LogP contribution in [-0.4, -0.2) is 38.2 Å². The fourth-order valence-corrected chi connectivity index (χ4v) is 2.02. The van der Waals surface area contributed by atoms with Crippen LogP contribution >= 0.6 is 15.9 Å². The molecule has 0 bridgehead atoms. The van der Waals surface area contributed by atoms with E-state index in [0.717, 1.165) is 4.47 Å². The third-order valence-electron chi connectivity index (χ3n) is 2.84. The minimum Gasteiger partial charge on any atom is -0.544 e. The van der Waals surface area contributed by atoms with Crippen LogP contribution in [0.3, 0.4) is 0 Å². The summed E-state index contributed by atoms with van der Waals surface area (Å²) in [5.74, 6) is -1.59. The van der Waals surface area contributed by atoms with Gasteiger partial charge in [0, 0.05) is 23.7 Å². The number of nitrogens with one attached hydrogen (secondary N) is 1. The number of carboxylic acid groups (broad SMARTS) is 1. The zero-order valence-corrected chi connectivity index (χ0v) is 13.4. The van der Waals surface area contributed by atoms with Crippen LogP contribution in [0.25, 0.3) is 0 Å². The van der Waals surface area contributed by atoms with Gasteiger partial charge >= 0.3 is 0 Å². The zero-order chi connectivity index (χ0) is 15.7. The molecule has 0 saturated heterocycles. The van der Waals surface area contributed by atoms with Gasteiger partial charge in [-0.15, -0.1) is 0 Å². The highest BCUT2D eigenvalue weighted by molar-refractivity contribution is 9.10. The van der Waals surface area contributed by atoms with Crippen molar-refractivity contribution in [1.29, 1.82) is 0 Å². The van der Waals surface area contributed by atoms with Gasteiger partial charge in [-0.05, 0) is 24.3 Å². The summed E-state index contributed by atoms with van der Waals surface area (Å²) in [4.78, 5) is 22.9. The molecule has 0 fully saturated rings. The lowest BCUT2D eigenvalue weighted by molar-refractivity contribution is -0.682. The molecule has 1 rings (SSSR count). The largest absolute Gasteiger partial charge is 0.544 e. The SMILES string of the molecule is COCCC[NH2+][C@H](CC(=O)Nc1ccc(Br)cc1)C(=O)[O-]. The van der Waals surface area contributed by atoms with Crippen molar-refractivity contribution in [2.24, 2.45) is 0 Å². The summed E-state index contributed by atoms with van der Waals surface area (Å²) in [6.45, 7) is 1.12. The molecule has 1 amide bonds. The third kappa shape index (κ3) is 7.22. The van der Waals surface area contributed by atoms with Crippen LogP contribution in [0, 0.1) is 0 Å². The Morgan fingerprint density at radius 3 is 2.62 bits per heavy atom. The summed E-state index contributed by atoms with van der Waals surface area (Å²) in [5, 5.41) is 15.3. The van der Waals surface area contributed by atoms with Gasteiger partial charge in [0.25, 0.3) is 0 Å². The van der Waals surface area contributed by atoms with Crippen molar-refractivity contribution in [2.75, 3.05) is 25.6 Å². The van der Waals surface area contributed by atoms with E-state index in [0.29, 0.717) is 25.3 Å². The van der Waals surface area contributed by atoms with Gasteiger partial charge in [-0.2, -0.15) is 0 Å². The molecule has 1 atom stereocenters. The molecule has 1 aromatic carbocycles. The van der Waals surface area contributed by atoms with Crippen molar-refractivity contribution >= 4 is 33.5 Å². The average molecular weight is 359 g/mol. The van der Waals surface area contributed by atoms with E-state index in [9.17, 15) is 14.7 Å². The van der Waals surface area contributed by atoms with E-state index in [1.165, 1.54) is 0 Å². The molecule has 0 aliphatic heterocycles. The Bertz CT molecular complexity index is 465. The van der Waals surface area contributed by atoms with E-state index in [-0.39, 0.29) is 12.3 Å². The first-order chi connectivity index (χ1) is 10.0. The van der Waals surface area contributed by atoms with Crippen LogP contribution in [0.5, 0.6) is 0 Å². The molecule has 3 N–H and O–H groups in total. The normalized spacial score (nSPS) is 11.9. The molecule has 21 heavy (non-hydrogen) atoms. The van der Waals surface area contributed by atoms with Crippen molar-refractivity contribution < 1.29 is 24.7 Å². The van der Waals surface area contributed by atoms with E-state index < -0.39 is 12.0 Å². The van der Waals surface area contributed by atoms with Crippen LogP contribution in [0.4, 0.5) is 5.69 Å². The number of aliphatic carboxylic acids is 1. The predicted octanol–water partition coefficient (Wildman–Crippen LogP) is -0.504. The first-order valence-corrected chi connectivity index (χ1v) is 7.40. The van der Waals surface area contributed by atoms with Crippen LogP contribution < -0.4 is 15.7 Å². The van der Waals surface area contributed by atoms with Crippen LogP contribution in [0.1, 0.15) is 12.8 Å². The zero-order valence-electron chi connectivity index (χ0n) is 11.8. The van der Waals surface area contributed by atoms with Crippen LogP contribution in [0.2, 0.25) is 0 Å². The smallest absolute Gasteiger partial charge is 0.230 e. The van der Waals surface area contributed by atoms with Crippen molar-refractivity contribution in [2.45, 2.75) is 18.9 Å². The number of methoxy groups -OCH3 is 1. The first-order valence-electron chi connectivity index (χ1n) is 6.61. The number of rotatable bonds is 9. The highest BCUT2D eigenvalue weighted by atomic mass is 79.9. The summed E-state index contributed by atoms with van der Waals surface area (Å²) < 4.78 is 5.79. The lowest BCUT2D eigenvalue weighted by Crippen LogP contribution is -2.93. The first kappa shape index (κ1) is 17.6. The molecular formula is C14H19BrN2O4. The molecule has 0 heterocycles. The Balaban J connectivity index is 2.44. The number of hydrogen-bond donors (Lipinski definition) is 2. The van der Waals surface area contributed by atoms with Gasteiger partial charge in [0.15, 0.2) is 0 Å². The number of carbonyl (C=O) groups is 2. The molecule has 0 aliphatic carbocycles. The molecule has 7 heteroatoms. The highest BCUT2D eigenvalue weighted by Gasteiger charge is 2.18. The number of quaternary nitrogens is 1. The number of halogens is 1. The van der Waals surface area contributed by atoms with Crippen molar-refractivity contribution in [3.05, 3.63) is 28.7 Å². The lowest BCUT2D eigenvalue weighted by atomic mass is 10.2. The van der Waals surface area contributed by atoms with Gasteiger partial charge in [0.1, 0.15) is 6.04 Å². The standard InChI is InChI=1S/C14H19BrN2O4/c1-21-8-2-7-16-12(14(19)20)9-13(18)17-11-5-3-10(15)4-6-11/h3-6,12,16H,2,7-9H2,1H3,(H,17,18)(H,19,20)/t12-/m1/s1. The number of anilines is 1. The summed E-state index contributed by atoms with van der Waals surface area (Å²) in [7, 11) is 1.59. The van der Waals surface area contributed by atoms with Gasteiger partial charge in [-0.25, -0.2) is 0 Å². The molecule has 0 aliphatic rings. The number of hydrogen-bond acceptors (Lipinski definition) is 4. The van der Waals surface area contributed by atoms with Crippen molar-refractivity contribution in [1.82, 2.24) is 0 Å². The fourth-order valence-electron chi connectivity index (χ4n) is 1.75. The Labute approximate surface area is 132 Å². The summed E-state index contributed by atoms with van der Waals surface area (Å²) >= 11 is 3.30. The number of carboxylic acids is 1. The molecule has 0 spiro atoms. The van der Waals surface area contributed by atoms with Gasteiger partial charge in [-0.3, -0.25) is 4.79 Å². The Morgan fingerprint density at radius 1 is 1.38 bits per heavy atom. The molecule has 116 valence electrons. The number of ether oxygens (including phenoxy) is 1. The maximum Gasteiger partial charge on any atom is 0.230 e. The minimum absolute atomic E-state index is 0.134. The molecule has 0 saturated carbocycles. The van der Waals surface area contributed by atoms with E-state index in [4.69, 9.17) is 4.74 Å². The molecule has 6 nitrogen and oxygen atoms in total. The minimum atomic E-state index is -1.24. The topological polar surface area (TPSA) is 95.1 Å². The number of benzene rings is 1. The van der Waals surface area contributed by atoms with Crippen LogP contribution in [0.15, 0.2) is 28.7 Å². The van der Waals surface area contributed by atoms with Crippen LogP contribution in [-0.2, 0) is 14.3 Å². The van der Waals surface area contributed by atoms with Crippen molar-refractivity contribution in [3.8, 4) is 0 Å². The van der Waals surface area contributed by atoms with Gasteiger partial charge < -0.3 is 25.3 Å². The van der Waals surface area contributed by atoms with E-state index in [1.807, 2.05) is 0 Å². The molecule has 0 radical (unpaired) electrons. The quantitative estimate of drug-likeness (QED) is 0.581. The molecule has 0 aromatic heterocycles. The van der Waals surface area contributed by atoms with Gasteiger partial charge in [0.05, 0.1) is 25.5 Å². The Hall–Kier alpha value is -1.44. The molecule has 1 aromatic rings. The molecular weight excluding hydrogens is 340 g/mol. The maximum atomic E-state index is 11.8. The van der Waals surface area contributed by atoms with E-state index >= 15 is 0 Å². The maximum absolute atomic E-state index is 11.8. The van der Waals surface area contributed by atoms with Crippen molar-refractivity contribution in [3.63, 3.8) is 0 Å². The monoisotopic (exact) mass is 358 g/mol. The Morgan fingerprint density at radius 2 is 2.05 bits per heavy atom. The average Bonchev–Trinajstić information content (AvgIpc) is 2.44. The number of nitrogens with two attached hydrogens (primary N) is 1. The summed E-state index contributed by atoms with van der Waals surface area (Å²) in [6, 6.07) is 6.17. The summed E-state index contributed by atoms with van der Waals surface area (Å²) in [5.41, 5.74) is 0.625. The Kier molecular flexibility index (Phi) is 7.96. The van der Waals surface area contributed by atoms with E-state index in [2.05, 4.69) is 21.2 Å². The second-order valence-electron chi connectivity index (χ2n) is 4.56.